The topological polar surface area (TPSA) is 91.7 Å². The van der Waals surface area contributed by atoms with Crippen LogP contribution in [0.4, 0.5) is 5.69 Å². The van der Waals surface area contributed by atoms with Gasteiger partial charge in [0.1, 0.15) is 11.5 Å². The van der Waals surface area contributed by atoms with Crippen molar-refractivity contribution in [3.05, 3.63) is 89.0 Å². The molecule has 0 fully saturated rings. The monoisotopic (exact) mass is 441 g/mol. The number of carbonyl (C=O) groups is 2. The first-order valence-electron chi connectivity index (χ1n) is 10.5. The molecule has 1 aliphatic rings. The average molecular weight is 441 g/mol. The summed E-state index contributed by atoms with van der Waals surface area (Å²) in [7, 11) is 1.60. The third kappa shape index (κ3) is 4.80. The Bertz CT molecular complexity index is 1230. The highest BCUT2D eigenvalue weighted by atomic mass is 16.5. The summed E-state index contributed by atoms with van der Waals surface area (Å²) in [6.45, 7) is 2.43. The first-order valence-corrected chi connectivity index (χ1v) is 10.5. The highest BCUT2D eigenvalue weighted by molar-refractivity contribution is 6.04. The van der Waals surface area contributed by atoms with Gasteiger partial charge >= 0.3 is 0 Å². The quantitative estimate of drug-likeness (QED) is 0.643. The zero-order chi connectivity index (χ0) is 23.4. The molecule has 1 N–H and O–H groups in total. The van der Waals surface area contributed by atoms with Gasteiger partial charge in [0.25, 0.3) is 11.8 Å². The van der Waals surface area contributed by atoms with Gasteiger partial charge in [-0.3, -0.25) is 9.59 Å². The number of amides is 2. The van der Waals surface area contributed by atoms with Crippen LogP contribution in [0.3, 0.4) is 0 Å². The van der Waals surface area contributed by atoms with E-state index in [1.807, 2.05) is 36.4 Å². The van der Waals surface area contributed by atoms with Crippen molar-refractivity contribution in [2.45, 2.75) is 26.1 Å². The lowest BCUT2D eigenvalue weighted by Gasteiger charge is -2.23. The Morgan fingerprint density at radius 3 is 2.67 bits per heavy atom. The third-order valence-corrected chi connectivity index (χ3v) is 5.47. The van der Waals surface area contributed by atoms with E-state index in [-0.39, 0.29) is 11.8 Å². The van der Waals surface area contributed by atoms with Gasteiger partial charge in [-0.2, -0.15) is 5.26 Å². The summed E-state index contributed by atoms with van der Waals surface area (Å²) >= 11 is 0. The molecule has 1 heterocycles. The van der Waals surface area contributed by atoms with Gasteiger partial charge in [-0.25, -0.2) is 0 Å². The number of benzene rings is 3. The van der Waals surface area contributed by atoms with Crippen LogP contribution in [0.2, 0.25) is 0 Å². The number of carbonyl (C=O) groups excluding carboxylic acids is 2. The lowest BCUT2D eigenvalue weighted by Crippen LogP contribution is -2.37. The van der Waals surface area contributed by atoms with Gasteiger partial charge in [0.05, 0.1) is 18.7 Å². The van der Waals surface area contributed by atoms with Crippen LogP contribution in [0.15, 0.2) is 66.7 Å². The second-order valence-electron chi connectivity index (χ2n) is 7.73. The zero-order valence-electron chi connectivity index (χ0n) is 18.4. The molecule has 0 saturated carbocycles. The fraction of sp³-hybridized carbons (Fsp3) is 0.192. The minimum atomic E-state index is -0.639. The Hall–Kier alpha value is -4.31. The van der Waals surface area contributed by atoms with Crippen LogP contribution in [0, 0.1) is 11.3 Å². The number of methoxy groups -OCH3 is 1. The average Bonchev–Trinajstić information content (AvgIpc) is 2.95. The van der Waals surface area contributed by atoms with Gasteiger partial charge in [0.15, 0.2) is 6.10 Å². The van der Waals surface area contributed by atoms with Crippen LogP contribution >= 0.6 is 0 Å². The number of para-hydroxylation sites is 1. The van der Waals surface area contributed by atoms with E-state index in [4.69, 9.17) is 14.7 Å². The van der Waals surface area contributed by atoms with Crippen LogP contribution in [0.1, 0.15) is 34.0 Å². The minimum absolute atomic E-state index is 0.125. The summed E-state index contributed by atoms with van der Waals surface area (Å²) in [6, 6.07) is 21.4. The van der Waals surface area contributed by atoms with Gasteiger partial charge in [0, 0.05) is 35.5 Å². The number of nitriles is 1. The van der Waals surface area contributed by atoms with Crippen LogP contribution in [0.25, 0.3) is 0 Å². The Morgan fingerprint density at radius 1 is 1.18 bits per heavy atom. The Kier molecular flexibility index (Phi) is 6.27. The molecule has 4 rings (SSSR count). The van der Waals surface area contributed by atoms with Crippen molar-refractivity contribution in [1.82, 2.24) is 4.90 Å². The van der Waals surface area contributed by atoms with E-state index >= 15 is 0 Å². The molecule has 0 radical (unpaired) electrons. The van der Waals surface area contributed by atoms with E-state index < -0.39 is 6.10 Å². The molecule has 1 atom stereocenters. The van der Waals surface area contributed by atoms with Crippen molar-refractivity contribution in [3.63, 3.8) is 0 Å². The molecular weight excluding hydrogens is 418 g/mol. The van der Waals surface area contributed by atoms with Crippen molar-refractivity contribution in [2.75, 3.05) is 12.4 Å². The van der Waals surface area contributed by atoms with E-state index in [1.54, 1.807) is 55.3 Å². The number of anilines is 1. The Morgan fingerprint density at radius 2 is 1.94 bits per heavy atom. The molecule has 33 heavy (non-hydrogen) atoms. The van der Waals surface area contributed by atoms with Crippen molar-refractivity contribution >= 4 is 17.5 Å². The molecule has 3 aromatic rings. The summed E-state index contributed by atoms with van der Waals surface area (Å²) in [5.74, 6) is 0.908. The summed E-state index contributed by atoms with van der Waals surface area (Å²) in [4.78, 5) is 27.3. The lowest BCUT2D eigenvalue weighted by molar-refractivity contribution is -0.138. The largest absolute Gasteiger partial charge is 0.496 e. The maximum atomic E-state index is 13.0. The van der Waals surface area contributed by atoms with Gasteiger partial charge in [0.2, 0.25) is 0 Å². The van der Waals surface area contributed by atoms with E-state index in [1.165, 1.54) is 0 Å². The highest BCUT2D eigenvalue weighted by Crippen LogP contribution is 2.30. The molecule has 0 saturated heterocycles. The van der Waals surface area contributed by atoms with Crippen LogP contribution in [-0.2, 0) is 17.9 Å². The number of hydrogen-bond donors (Lipinski definition) is 1. The number of fused-ring (bicyclic) bond motifs is 1. The van der Waals surface area contributed by atoms with Gasteiger partial charge in [-0.15, -0.1) is 0 Å². The van der Waals surface area contributed by atoms with Gasteiger partial charge < -0.3 is 19.7 Å². The summed E-state index contributed by atoms with van der Waals surface area (Å²) in [6.07, 6.45) is -0.639. The van der Waals surface area contributed by atoms with Crippen LogP contribution in [0.5, 0.6) is 11.5 Å². The number of ether oxygens (including phenoxy) is 2. The van der Waals surface area contributed by atoms with Crippen LogP contribution < -0.4 is 14.8 Å². The zero-order valence-corrected chi connectivity index (χ0v) is 18.4. The number of nitrogens with one attached hydrogen (secondary N) is 1. The molecule has 0 unspecified atom stereocenters. The second kappa shape index (κ2) is 9.45. The standard InChI is InChI=1S/C26H23N3O4/c1-17-26(31)29(15-20-5-3-4-6-23(20)32-2)16-21-13-22(11-12-24(21)33-17)28-25(30)19-9-7-18(14-27)8-10-19/h3-13,17H,15-16H2,1-2H3,(H,28,30)/t17-/m0/s1. The molecule has 7 heteroatoms. The number of rotatable bonds is 5. The maximum absolute atomic E-state index is 13.0. The smallest absolute Gasteiger partial charge is 0.263 e. The summed E-state index contributed by atoms with van der Waals surface area (Å²) in [5, 5.41) is 11.8. The molecule has 7 nitrogen and oxygen atoms in total. The molecule has 3 aromatic carbocycles. The molecule has 0 spiro atoms. The first kappa shape index (κ1) is 21.9. The molecule has 0 aromatic heterocycles. The minimum Gasteiger partial charge on any atom is -0.496 e. The van der Waals surface area contributed by atoms with Crippen molar-refractivity contribution in [2.24, 2.45) is 0 Å². The normalized spacial score (nSPS) is 15.0. The molecule has 0 bridgehead atoms. The fourth-order valence-corrected chi connectivity index (χ4v) is 3.75. The predicted molar refractivity (Wildman–Crippen MR) is 123 cm³/mol. The lowest BCUT2D eigenvalue weighted by atomic mass is 10.1. The SMILES string of the molecule is COc1ccccc1CN1Cc2cc(NC(=O)c3ccc(C#N)cc3)ccc2O[C@@H](C)C1=O. The number of hydrogen-bond acceptors (Lipinski definition) is 5. The molecule has 2 amide bonds. The van der Waals surface area contributed by atoms with Crippen molar-refractivity contribution < 1.29 is 19.1 Å². The van der Waals surface area contributed by atoms with E-state index in [2.05, 4.69) is 5.32 Å². The maximum Gasteiger partial charge on any atom is 0.263 e. The Labute approximate surface area is 192 Å². The third-order valence-electron chi connectivity index (χ3n) is 5.47. The van der Waals surface area contributed by atoms with E-state index in [0.29, 0.717) is 41.4 Å². The predicted octanol–water partition coefficient (Wildman–Crippen LogP) is 4.13. The number of nitrogens with zero attached hydrogens (tertiary/aromatic N) is 2. The van der Waals surface area contributed by atoms with Gasteiger partial charge in [-0.1, -0.05) is 18.2 Å². The first-order chi connectivity index (χ1) is 16.0. The second-order valence-corrected chi connectivity index (χ2v) is 7.73. The fourth-order valence-electron chi connectivity index (χ4n) is 3.75. The van der Waals surface area contributed by atoms with Crippen LogP contribution in [-0.4, -0.2) is 29.9 Å². The molecule has 166 valence electrons. The van der Waals surface area contributed by atoms with E-state index in [9.17, 15) is 9.59 Å². The van der Waals surface area contributed by atoms with Crippen molar-refractivity contribution in [3.8, 4) is 17.6 Å². The molecular formula is C26H23N3O4. The Balaban J connectivity index is 1.57. The summed E-state index contributed by atoms with van der Waals surface area (Å²) in [5.41, 5.74) is 3.21. The molecule has 0 aliphatic carbocycles. The van der Waals surface area contributed by atoms with E-state index in [0.717, 1.165) is 11.1 Å². The highest BCUT2D eigenvalue weighted by Gasteiger charge is 2.28. The van der Waals surface area contributed by atoms with Crippen molar-refractivity contribution in [1.29, 1.82) is 5.26 Å². The van der Waals surface area contributed by atoms with Gasteiger partial charge in [-0.05, 0) is 55.5 Å². The summed E-state index contributed by atoms with van der Waals surface area (Å²) < 4.78 is 11.3. The molecule has 1 aliphatic heterocycles.